The van der Waals surface area contributed by atoms with E-state index in [1.54, 1.807) is 25.4 Å². The molecule has 0 spiro atoms. The predicted molar refractivity (Wildman–Crippen MR) is 118 cm³/mol. The number of nitrogens with one attached hydrogen (secondary N) is 1. The van der Waals surface area contributed by atoms with Crippen molar-refractivity contribution in [1.82, 2.24) is 35.7 Å². The van der Waals surface area contributed by atoms with Crippen LogP contribution >= 0.6 is 11.8 Å². The quantitative estimate of drug-likeness (QED) is 0.246. The predicted octanol–water partition coefficient (Wildman–Crippen LogP) is 2.38. The number of anilines is 1. The first-order chi connectivity index (χ1) is 15.5. The van der Waals surface area contributed by atoms with Crippen LogP contribution in [0.15, 0.2) is 63.4 Å². The number of hydrogen-bond acceptors (Lipinski definition) is 10. The normalized spacial score (nSPS) is 11.5. The van der Waals surface area contributed by atoms with Crippen molar-refractivity contribution >= 4 is 29.2 Å². The summed E-state index contributed by atoms with van der Waals surface area (Å²) in [4.78, 5) is 17.9. The minimum absolute atomic E-state index is 0.0360. The molecule has 1 amide bonds. The van der Waals surface area contributed by atoms with Gasteiger partial charge < -0.3 is 5.73 Å². The van der Waals surface area contributed by atoms with Crippen LogP contribution in [0.2, 0.25) is 0 Å². The second-order valence-corrected chi connectivity index (χ2v) is 7.80. The lowest BCUT2D eigenvalue weighted by Gasteiger charge is -2.06. The Morgan fingerprint density at radius 3 is 2.75 bits per heavy atom. The fourth-order valence-electron chi connectivity index (χ4n) is 2.73. The van der Waals surface area contributed by atoms with Crippen molar-refractivity contribution in [3.63, 3.8) is 0 Å². The van der Waals surface area contributed by atoms with E-state index in [1.165, 1.54) is 16.4 Å². The van der Waals surface area contributed by atoms with Gasteiger partial charge in [-0.1, -0.05) is 29.0 Å². The van der Waals surface area contributed by atoms with E-state index < -0.39 is 5.91 Å². The Kier molecular flexibility index (Phi) is 6.22. The highest BCUT2D eigenvalue weighted by molar-refractivity contribution is 7.98. The number of carbonyl (C=O) groups excluding carboxylic acids is 1. The number of benzene rings is 1. The van der Waals surface area contributed by atoms with Gasteiger partial charge in [-0.15, -0.1) is 16.9 Å². The number of rotatable bonds is 7. The number of aromatic nitrogens is 6. The van der Waals surface area contributed by atoms with Crippen molar-refractivity contribution in [2.45, 2.75) is 24.5 Å². The maximum Gasteiger partial charge on any atom is 0.293 e. The van der Waals surface area contributed by atoms with Crippen molar-refractivity contribution in [2.24, 2.45) is 5.10 Å². The highest BCUT2D eigenvalue weighted by Crippen LogP contribution is 2.26. The summed E-state index contributed by atoms with van der Waals surface area (Å²) in [6.07, 6.45) is 3.32. The van der Waals surface area contributed by atoms with E-state index in [-0.39, 0.29) is 17.3 Å². The molecule has 0 unspecified atom stereocenters. The van der Waals surface area contributed by atoms with Gasteiger partial charge in [0, 0.05) is 28.6 Å². The molecule has 0 fully saturated rings. The van der Waals surface area contributed by atoms with E-state index in [4.69, 9.17) is 5.73 Å². The topological polar surface area (TPSA) is 150 Å². The molecule has 0 aliphatic heterocycles. The van der Waals surface area contributed by atoms with E-state index in [2.05, 4.69) is 40.8 Å². The first kappa shape index (κ1) is 21.2. The SMILES string of the molecule is C/C(=N/NC(=O)c1nnn(-c2nonc2N)c1CSc1ccc(C)cc1)c1cccnc1. The molecule has 0 bridgehead atoms. The lowest BCUT2D eigenvalue weighted by atomic mass is 10.2. The van der Waals surface area contributed by atoms with E-state index in [0.29, 0.717) is 17.2 Å². The van der Waals surface area contributed by atoms with Crippen molar-refractivity contribution in [3.8, 4) is 5.82 Å². The molecule has 0 aliphatic carbocycles. The number of carbonyl (C=O) groups is 1. The number of pyridine rings is 1. The number of hydrogen-bond donors (Lipinski definition) is 2. The third-order valence-electron chi connectivity index (χ3n) is 4.48. The minimum atomic E-state index is -0.519. The van der Waals surface area contributed by atoms with Crippen LogP contribution < -0.4 is 11.2 Å². The Morgan fingerprint density at radius 2 is 2.06 bits per heavy atom. The lowest BCUT2D eigenvalue weighted by Crippen LogP contribution is -2.21. The molecule has 0 atom stereocenters. The zero-order chi connectivity index (χ0) is 22.5. The molecule has 3 N–H and O–H groups in total. The van der Waals surface area contributed by atoms with Crippen LogP contribution in [0.5, 0.6) is 0 Å². The lowest BCUT2D eigenvalue weighted by molar-refractivity contribution is 0.0949. The van der Waals surface area contributed by atoms with Crippen LogP contribution in [0.3, 0.4) is 0 Å². The summed E-state index contributed by atoms with van der Waals surface area (Å²) in [5, 5.41) is 19.6. The molecule has 11 nitrogen and oxygen atoms in total. The second kappa shape index (κ2) is 9.39. The van der Waals surface area contributed by atoms with Crippen molar-refractivity contribution < 1.29 is 9.42 Å². The van der Waals surface area contributed by atoms with Gasteiger partial charge in [-0.25, -0.2) is 10.1 Å². The molecule has 4 aromatic rings. The van der Waals surface area contributed by atoms with Gasteiger partial charge in [0.25, 0.3) is 5.91 Å². The fourth-order valence-corrected chi connectivity index (χ4v) is 3.62. The van der Waals surface area contributed by atoms with E-state index >= 15 is 0 Å². The molecular formula is C20H19N9O2S. The third kappa shape index (κ3) is 4.64. The molecule has 0 saturated heterocycles. The smallest absolute Gasteiger partial charge is 0.293 e. The van der Waals surface area contributed by atoms with Crippen LogP contribution in [-0.2, 0) is 5.75 Å². The maximum absolute atomic E-state index is 12.9. The molecule has 1 aromatic carbocycles. The number of hydrazone groups is 1. The minimum Gasteiger partial charge on any atom is -0.378 e. The maximum atomic E-state index is 12.9. The molecule has 162 valence electrons. The molecular weight excluding hydrogens is 430 g/mol. The van der Waals surface area contributed by atoms with Crippen molar-refractivity contribution in [3.05, 3.63) is 71.3 Å². The van der Waals surface area contributed by atoms with Crippen molar-refractivity contribution in [1.29, 1.82) is 0 Å². The van der Waals surface area contributed by atoms with Gasteiger partial charge in [-0.3, -0.25) is 9.78 Å². The highest BCUT2D eigenvalue weighted by atomic mass is 32.2. The van der Waals surface area contributed by atoms with Gasteiger partial charge in [0.2, 0.25) is 11.6 Å². The van der Waals surface area contributed by atoms with E-state index in [1.807, 2.05) is 37.3 Å². The number of nitrogens with two attached hydrogens (primary N) is 1. The summed E-state index contributed by atoms with van der Waals surface area (Å²) >= 11 is 1.51. The first-order valence-corrected chi connectivity index (χ1v) is 10.5. The van der Waals surface area contributed by atoms with Crippen LogP contribution in [-0.4, -0.2) is 41.9 Å². The zero-order valence-electron chi connectivity index (χ0n) is 17.3. The Morgan fingerprint density at radius 1 is 1.25 bits per heavy atom. The molecule has 0 radical (unpaired) electrons. The number of amides is 1. The number of aryl methyl sites for hydroxylation is 1. The van der Waals surface area contributed by atoms with Crippen LogP contribution in [0.4, 0.5) is 5.82 Å². The zero-order valence-corrected chi connectivity index (χ0v) is 18.1. The summed E-state index contributed by atoms with van der Waals surface area (Å²) in [6, 6.07) is 11.7. The Balaban J connectivity index is 1.60. The largest absolute Gasteiger partial charge is 0.378 e. The summed E-state index contributed by atoms with van der Waals surface area (Å²) in [5.74, 6) is 0.0465. The third-order valence-corrected chi connectivity index (χ3v) is 5.50. The second-order valence-electron chi connectivity index (χ2n) is 6.75. The summed E-state index contributed by atoms with van der Waals surface area (Å²) in [6.45, 7) is 3.79. The Bertz CT molecular complexity index is 1250. The molecule has 3 heterocycles. The molecule has 0 saturated carbocycles. The summed E-state index contributed by atoms with van der Waals surface area (Å²) in [5.41, 5.74) is 11.5. The monoisotopic (exact) mass is 449 g/mol. The summed E-state index contributed by atoms with van der Waals surface area (Å²) in [7, 11) is 0. The van der Waals surface area contributed by atoms with E-state index in [0.717, 1.165) is 16.0 Å². The molecule has 32 heavy (non-hydrogen) atoms. The Labute approximate surface area is 187 Å². The first-order valence-electron chi connectivity index (χ1n) is 9.50. The number of nitrogens with zero attached hydrogens (tertiary/aromatic N) is 7. The average molecular weight is 450 g/mol. The molecule has 4 rings (SSSR count). The van der Waals surface area contributed by atoms with Gasteiger partial charge in [0.05, 0.1) is 11.4 Å². The molecule has 0 aliphatic rings. The van der Waals surface area contributed by atoms with Crippen LogP contribution in [0.25, 0.3) is 5.82 Å². The van der Waals surface area contributed by atoms with Crippen molar-refractivity contribution in [2.75, 3.05) is 5.73 Å². The fraction of sp³-hybridized carbons (Fsp3) is 0.150. The van der Waals surface area contributed by atoms with E-state index in [9.17, 15) is 4.79 Å². The van der Waals surface area contributed by atoms with Crippen LogP contribution in [0.1, 0.15) is 34.2 Å². The number of thioether (sulfide) groups is 1. The Hall–Kier alpha value is -4.06. The van der Waals surface area contributed by atoms with Gasteiger partial charge >= 0.3 is 0 Å². The van der Waals surface area contributed by atoms with Gasteiger partial charge in [-0.05, 0) is 42.4 Å². The standard InChI is InChI=1S/C20H19N9O2S/c1-12-5-7-15(8-6-12)32-11-16-17(24-28-29(16)19-18(21)26-31-27-19)20(30)25-23-13(2)14-4-3-9-22-10-14/h3-10H,11H2,1-2H3,(H2,21,26)(H,25,30)/b23-13-. The van der Waals surface area contributed by atoms with Crippen LogP contribution in [0, 0.1) is 6.92 Å². The average Bonchev–Trinajstić information content (AvgIpc) is 3.43. The number of nitrogen functional groups attached to an aromatic ring is 1. The highest BCUT2D eigenvalue weighted by Gasteiger charge is 2.24. The van der Waals surface area contributed by atoms with Gasteiger partial charge in [0.1, 0.15) is 0 Å². The molecule has 3 aromatic heterocycles. The van der Waals surface area contributed by atoms with Gasteiger partial charge in [-0.2, -0.15) is 9.78 Å². The summed E-state index contributed by atoms with van der Waals surface area (Å²) < 4.78 is 6.03. The van der Waals surface area contributed by atoms with Gasteiger partial charge in [0.15, 0.2) is 5.69 Å². The molecule has 12 heteroatoms.